The van der Waals surface area contributed by atoms with Gasteiger partial charge in [-0.3, -0.25) is 4.79 Å². The number of ketones is 1. The van der Waals surface area contributed by atoms with Crippen LogP contribution in [0.5, 0.6) is 17.2 Å². The van der Waals surface area contributed by atoms with E-state index in [0.717, 1.165) is 10.4 Å². The molecule has 5 heteroatoms. The summed E-state index contributed by atoms with van der Waals surface area (Å²) in [6.07, 6.45) is 1.09. The maximum absolute atomic E-state index is 12.0. The van der Waals surface area contributed by atoms with Crippen LogP contribution in [-0.2, 0) is 6.42 Å². The molecular formula is C16H18O4S. The van der Waals surface area contributed by atoms with Crippen LogP contribution in [0.25, 0.3) is 0 Å². The van der Waals surface area contributed by atoms with Gasteiger partial charge in [0, 0.05) is 6.42 Å². The lowest BCUT2D eigenvalue weighted by Crippen LogP contribution is -2.01. The van der Waals surface area contributed by atoms with Gasteiger partial charge in [-0.1, -0.05) is 6.07 Å². The number of rotatable bonds is 7. The first-order valence-electron chi connectivity index (χ1n) is 6.55. The number of carbonyl (C=O) groups excluding carboxylic acids is 1. The molecule has 0 spiro atoms. The van der Waals surface area contributed by atoms with Gasteiger partial charge in [0.25, 0.3) is 0 Å². The highest BCUT2D eigenvalue weighted by Crippen LogP contribution is 2.38. The van der Waals surface area contributed by atoms with Crippen molar-refractivity contribution in [1.29, 1.82) is 0 Å². The first kappa shape index (κ1) is 15.4. The lowest BCUT2D eigenvalue weighted by atomic mass is 10.1. The Morgan fingerprint density at radius 2 is 1.76 bits per heavy atom. The average molecular weight is 306 g/mol. The average Bonchev–Trinajstić information content (AvgIpc) is 3.05. The van der Waals surface area contributed by atoms with Crippen molar-refractivity contribution in [3.05, 3.63) is 40.1 Å². The van der Waals surface area contributed by atoms with E-state index in [0.29, 0.717) is 30.1 Å². The molecule has 0 unspecified atom stereocenters. The molecule has 0 amide bonds. The first-order valence-corrected chi connectivity index (χ1v) is 7.43. The second kappa shape index (κ2) is 7.13. The molecule has 1 aromatic heterocycles. The second-order valence-electron chi connectivity index (χ2n) is 4.43. The van der Waals surface area contributed by atoms with Crippen molar-refractivity contribution in [2.24, 2.45) is 0 Å². The Kier molecular flexibility index (Phi) is 5.22. The molecule has 0 saturated heterocycles. The summed E-state index contributed by atoms with van der Waals surface area (Å²) in [4.78, 5) is 12.8. The van der Waals surface area contributed by atoms with Crippen LogP contribution in [-0.4, -0.2) is 27.1 Å². The molecule has 2 rings (SSSR count). The predicted molar refractivity (Wildman–Crippen MR) is 83.1 cm³/mol. The van der Waals surface area contributed by atoms with Gasteiger partial charge in [-0.25, -0.2) is 0 Å². The zero-order valence-electron chi connectivity index (χ0n) is 12.3. The topological polar surface area (TPSA) is 44.8 Å². The molecule has 0 N–H and O–H groups in total. The molecule has 0 radical (unpaired) electrons. The van der Waals surface area contributed by atoms with E-state index < -0.39 is 0 Å². The van der Waals surface area contributed by atoms with Crippen molar-refractivity contribution < 1.29 is 19.0 Å². The van der Waals surface area contributed by atoms with Crippen molar-refractivity contribution >= 4 is 17.1 Å². The Hall–Kier alpha value is -2.01. The molecule has 1 heterocycles. The highest BCUT2D eigenvalue weighted by atomic mass is 32.1. The van der Waals surface area contributed by atoms with Gasteiger partial charge in [-0.05, 0) is 35.6 Å². The van der Waals surface area contributed by atoms with E-state index in [9.17, 15) is 4.79 Å². The monoisotopic (exact) mass is 306 g/mol. The molecule has 0 aliphatic carbocycles. The number of hydrogen-bond acceptors (Lipinski definition) is 5. The van der Waals surface area contributed by atoms with Gasteiger partial charge >= 0.3 is 0 Å². The molecule has 2 aromatic rings. The minimum absolute atomic E-state index is 0.152. The van der Waals surface area contributed by atoms with E-state index in [1.54, 1.807) is 21.3 Å². The number of Topliss-reactive ketones (excluding diaryl/α,β-unsaturated/α-hetero) is 1. The summed E-state index contributed by atoms with van der Waals surface area (Å²) in [5.74, 6) is 1.93. The molecule has 0 fully saturated rings. The lowest BCUT2D eigenvalue weighted by Gasteiger charge is -2.13. The van der Waals surface area contributed by atoms with Gasteiger partial charge in [-0.2, -0.15) is 0 Å². The zero-order valence-corrected chi connectivity index (χ0v) is 13.2. The summed E-state index contributed by atoms with van der Waals surface area (Å²) >= 11 is 1.47. The standard InChI is InChI=1S/C16H18O4S/c1-18-13-9-11(10-14(19-2)16(13)20-3)6-7-12(17)15-5-4-8-21-15/h4-5,8-10H,6-7H2,1-3H3. The van der Waals surface area contributed by atoms with Crippen molar-refractivity contribution in [2.45, 2.75) is 12.8 Å². The molecule has 112 valence electrons. The molecule has 4 nitrogen and oxygen atoms in total. The Balaban J connectivity index is 2.15. The molecule has 0 atom stereocenters. The molecule has 0 aliphatic rings. The number of hydrogen-bond donors (Lipinski definition) is 0. The highest BCUT2D eigenvalue weighted by molar-refractivity contribution is 7.12. The van der Waals surface area contributed by atoms with E-state index in [1.807, 2.05) is 29.6 Å². The normalized spacial score (nSPS) is 10.2. The largest absolute Gasteiger partial charge is 0.493 e. The van der Waals surface area contributed by atoms with Crippen molar-refractivity contribution in [2.75, 3.05) is 21.3 Å². The first-order chi connectivity index (χ1) is 10.2. The number of thiophene rings is 1. The molecule has 21 heavy (non-hydrogen) atoms. The van der Waals surface area contributed by atoms with Crippen LogP contribution in [0.3, 0.4) is 0 Å². The van der Waals surface area contributed by atoms with Crippen LogP contribution in [0.2, 0.25) is 0 Å². The Morgan fingerprint density at radius 3 is 2.24 bits per heavy atom. The Labute approximate surface area is 128 Å². The maximum Gasteiger partial charge on any atom is 0.203 e. The third-order valence-corrected chi connectivity index (χ3v) is 4.07. The van der Waals surface area contributed by atoms with E-state index in [-0.39, 0.29) is 5.78 Å². The van der Waals surface area contributed by atoms with E-state index >= 15 is 0 Å². The minimum Gasteiger partial charge on any atom is -0.493 e. The minimum atomic E-state index is 0.152. The van der Waals surface area contributed by atoms with Crippen molar-refractivity contribution in [3.63, 3.8) is 0 Å². The lowest BCUT2D eigenvalue weighted by molar-refractivity contribution is 0.0986. The fourth-order valence-electron chi connectivity index (χ4n) is 2.10. The van der Waals surface area contributed by atoms with Crippen LogP contribution >= 0.6 is 11.3 Å². The number of benzene rings is 1. The van der Waals surface area contributed by atoms with Crippen LogP contribution in [0.4, 0.5) is 0 Å². The van der Waals surface area contributed by atoms with Crippen LogP contribution in [0, 0.1) is 0 Å². The van der Waals surface area contributed by atoms with E-state index in [2.05, 4.69) is 0 Å². The third kappa shape index (κ3) is 3.55. The second-order valence-corrected chi connectivity index (χ2v) is 5.38. The van der Waals surface area contributed by atoms with Gasteiger partial charge in [-0.15, -0.1) is 11.3 Å². The molecular weight excluding hydrogens is 288 g/mol. The number of methoxy groups -OCH3 is 3. The number of ether oxygens (including phenoxy) is 3. The van der Waals surface area contributed by atoms with Crippen molar-refractivity contribution in [1.82, 2.24) is 0 Å². The van der Waals surface area contributed by atoms with Crippen LogP contribution in [0.15, 0.2) is 29.6 Å². The zero-order chi connectivity index (χ0) is 15.2. The van der Waals surface area contributed by atoms with Gasteiger partial charge in [0.05, 0.1) is 26.2 Å². The fraction of sp³-hybridized carbons (Fsp3) is 0.312. The summed E-state index contributed by atoms with van der Waals surface area (Å²) in [5.41, 5.74) is 0.981. The smallest absolute Gasteiger partial charge is 0.203 e. The van der Waals surface area contributed by atoms with E-state index in [1.165, 1.54) is 11.3 Å². The Morgan fingerprint density at radius 1 is 1.10 bits per heavy atom. The molecule has 0 bridgehead atoms. The van der Waals surface area contributed by atoms with Crippen LogP contribution in [0.1, 0.15) is 21.7 Å². The fourth-order valence-corrected chi connectivity index (χ4v) is 2.79. The molecule has 0 aliphatic heterocycles. The highest BCUT2D eigenvalue weighted by Gasteiger charge is 2.14. The predicted octanol–water partition coefficient (Wildman–Crippen LogP) is 3.59. The Bertz CT molecular complexity index is 580. The van der Waals surface area contributed by atoms with Gasteiger partial charge in [0.2, 0.25) is 5.75 Å². The van der Waals surface area contributed by atoms with Crippen molar-refractivity contribution in [3.8, 4) is 17.2 Å². The van der Waals surface area contributed by atoms with Gasteiger partial charge < -0.3 is 14.2 Å². The van der Waals surface area contributed by atoms with Gasteiger partial charge in [0.15, 0.2) is 17.3 Å². The van der Waals surface area contributed by atoms with Crippen LogP contribution < -0.4 is 14.2 Å². The maximum atomic E-state index is 12.0. The summed E-state index contributed by atoms with van der Waals surface area (Å²) in [6.45, 7) is 0. The molecule has 1 aromatic carbocycles. The van der Waals surface area contributed by atoms with Gasteiger partial charge in [0.1, 0.15) is 0 Å². The third-order valence-electron chi connectivity index (χ3n) is 3.16. The molecule has 0 saturated carbocycles. The summed E-state index contributed by atoms with van der Waals surface area (Å²) in [7, 11) is 4.73. The number of carbonyl (C=O) groups is 1. The van der Waals surface area contributed by atoms with E-state index in [4.69, 9.17) is 14.2 Å². The summed E-state index contributed by atoms with van der Waals surface area (Å²) in [5, 5.41) is 1.91. The SMILES string of the molecule is COc1cc(CCC(=O)c2cccs2)cc(OC)c1OC. The summed E-state index contributed by atoms with van der Waals surface area (Å²) < 4.78 is 15.9. The number of aryl methyl sites for hydroxylation is 1. The quantitative estimate of drug-likeness (QED) is 0.733. The summed E-state index contributed by atoms with van der Waals surface area (Å²) in [6, 6.07) is 7.49.